The lowest BCUT2D eigenvalue weighted by atomic mass is 9.71. The standard InChI is InChI=1S/C18H23ClO3/c1-17(2)7-5-12(6-8-17)14-4-3-13(19)11-15(14)22-18(9-10-18)16(20)21/h3-4,11-12H,5-10H2,1-2H3,(H,20,21). The summed E-state index contributed by atoms with van der Waals surface area (Å²) in [5.74, 6) is 0.227. The van der Waals surface area contributed by atoms with Gasteiger partial charge in [0.1, 0.15) is 5.75 Å². The number of carboxylic acids is 1. The van der Waals surface area contributed by atoms with Gasteiger partial charge in [0.25, 0.3) is 0 Å². The van der Waals surface area contributed by atoms with Gasteiger partial charge in [0, 0.05) is 17.9 Å². The molecule has 3 nitrogen and oxygen atoms in total. The fraction of sp³-hybridized carbons (Fsp3) is 0.611. The van der Waals surface area contributed by atoms with E-state index in [2.05, 4.69) is 13.8 Å². The Morgan fingerprint density at radius 3 is 2.41 bits per heavy atom. The van der Waals surface area contributed by atoms with Crippen molar-refractivity contribution in [3.63, 3.8) is 0 Å². The van der Waals surface area contributed by atoms with E-state index in [-0.39, 0.29) is 0 Å². The molecule has 0 amide bonds. The molecule has 3 rings (SSSR count). The van der Waals surface area contributed by atoms with Gasteiger partial charge in [0.15, 0.2) is 0 Å². The van der Waals surface area contributed by atoms with Gasteiger partial charge in [-0.05, 0) is 54.7 Å². The van der Waals surface area contributed by atoms with Gasteiger partial charge in [0.05, 0.1) is 0 Å². The van der Waals surface area contributed by atoms with Crippen LogP contribution in [0, 0.1) is 5.41 Å². The van der Waals surface area contributed by atoms with E-state index in [1.165, 1.54) is 12.8 Å². The predicted octanol–water partition coefficient (Wildman–Crippen LogP) is 5.02. The zero-order valence-corrected chi connectivity index (χ0v) is 13.9. The average Bonchev–Trinajstić information content (AvgIpc) is 3.21. The molecule has 120 valence electrons. The highest BCUT2D eigenvalue weighted by Gasteiger charge is 2.54. The second-order valence-electron chi connectivity index (χ2n) is 7.52. The largest absolute Gasteiger partial charge is 0.478 e. The molecule has 1 aromatic rings. The first-order valence-electron chi connectivity index (χ1n) is 8.03. The number of carboxylic acid groups (broad SMARTS) is 1. The molecule has 0 spiro atoms. The second kappa shape index (κ2) is 5.45. The minimum Gasteiger partial charge on any atom is -0.478 e. The Bertz CT molecular complexity index is 580. The minimum absolute atomic E-state index is 0.405. The number of benzene rings is 1. The fourth-order valence-corrected chi connectivity index (χ4v) is 3.49. The van der Waals surface area contributed by atoms with Crippen LogP contribution in [0.2, 0.25) is 5.02 Å². The molecule has 2 aliphatic carbocycles. The van der Waals surface area contributed by atoms with Crippen molar-refractivity contribution in [3.8, 4) is 5.75 Å². The average molecular weight is 323 g/mol. The van der Waals surface area contributed by atoms with Crippen molar-refractivity contribution in [2.24, 2.45) is 5.41 Å². The summed E-state index contributed by atoms with van der Waals surface area (Å²) in [6.07, 6.45) is 5.75. The molecular weight excluding hydrogens is 300 g/mol. The molecule has 0 bridgehead atoms. The van der Waals surface area contributed by atoms with E-state index in [1.807, 2.05) is 12.1 Å². The molecule has 1 aromatic carbocycles. The zero-order chi connectivity index (χ0) is 16.0. The highest BCUT2D eigenvalue weighted by molar-refractivity contribution is 6.30. The smallest absolute Gasteiger partial charge is 0.348 e. The Kier molecular flexibility index (Phi) is 3.88. The summed E-state index contributed by atoms with van der Waals surface area (Å²) in [6.45, 7) is 4.62. The van der Waals surface area contributed by atoms with E-state index in [0.717, 1.165) is 18.4 Å². The highest BCUT2D eigenvalue weighted by Crippen LogP contribution is 2.48. The Hall–Kier alpha value is -1.22. The van der Waals surface area contributed by atoms with Crippen molar-refractivity contribution >= 4 is 17.6 Å². The summed E-state index contributed by atoms with van der Waals surface area (Å²) in [5.41, 5.74) is 0.503. The topological polar surface area (TPSA) is 46.5 Å². The fourth-order valence-electron chi connectivity index (χ4n) is 3.33. The minimum atomic E-state index is -1.02. The number of aliphatic carboxylic acids is 1. The van der Waals surface area contributed by atoms with Crippen molar-refractivity contribution in [2.45, 2.75) is 63.9 Å². The van der Waals surface area contributed by atoms with Crippen LogP contribution in [0.5, 0.6) is 5.75 Å². The van der Waals surface area contributed by atoms with Crippen LogP contribution in [0.15, 0.2) is 18.2 Å². The third-order valence-electron chi connectivity index (χ3n) is 5.15. The van der Waals surface area contributed by atoms with E-state index >= 15 is 0 Å². The number of hydrogen-bond donors (Lipinski definition) is 1. The van der Waals surface area contributed by atoms with Gasteiger partial charge in [-0.3, -0.25) is 0 Å². The summed E-state index contributed by atoms with van der Waals surface area (Å²) in [5, 5.41) is 9.94. The Balaban J connectivity index is 1.84. The van der Waals surface area contributed by atoms with Gasteiger partial charge in [-0.2, -0.15) is 0 Å². The molecule has 0 heterocycles. The molecule has 0 atom stereocenters. The van der Waals surface area contributed by atoms with Crippen LogP contribution < -0.4 is 4.74 Å². The molecule has 0 saturated heterocycles. The van der Waals surface area contributed by atoms with E-state index < -0.39 is 11.6 Å². The van der Waals surface area contributed by atoms with Gasteiger partial charge < -0.3 is 9.84 Å². The van der Waals surface area contributed by atoms with Gasteiger partial charge in [-0.25, -0.2) is 4.79 Å². The van der Waals surface area contributed by atoms with E-state index in [0.29, 0.717) is 34.9 Å². The summed E-state index contributed by atoms with van der Waals surface area (Å²) < 4.78 is 5.91. The Morgan fingerprint density at radius 2 is 1.86 bits per heavy atom. The lowest BCUT2D eigenvalue weighted by molar-refractivity contribution is -0.147. The maximum Gasteiger partial charge on any atom is 0.348 e. The lowest BCUT2D eigenvalue weighted by Gasteiger charge is -2.35. The SMILES string of the molecule is CC1(C)CCC(c2ccc(Cl)cc2OC2(C(=O)O)CC2)CC1. The summed E-state index contributed by atoms with van der Waals surface area (Å²) >= 11 is 6.10. The van der Waals surface area contributed by atoms with Crippen LogP contribution in [0.1, 0.15) is 63.9 Å². The lowest BCUT2D eigenvalue weighted by Crippen LogP contribution is -2.30. The number of rotatable bonds is 4. The maximum atomic E-state index is 11.4. The molecule has 0 radical (unpaired) electrons. The van der Waals surface area contributed by atoms with E-state index in [4.69, 9.17) is 16.3 Å². The molecule has 2 fully saturated rings. The van der Waals surface area contributed by atoms with Gasteiger partial charge in [0.2, 0.25) is 5.60 Å². The molecule has 0 aromatic heterocycles. The van der Waals surface area contributed by atoms with Crippen LogP contribution >= 0.6 is 11.6 Å². The molecule has 4 heteroatoms. The monoisotopic (exact) mass is 322 g/mol. The van der Waals surface area contributed by atoms with Crippen molar-refractivity contribution in [1.29, 1.82) is 0 Å². The first kappa shape index (κ1) is 15.7. The highest BCUT2D eigenvalue weighted by atomic mass is 35.5. The molecule has 2 saturated carbocycles. The molecule has 2 aliphatic rings. The summed E-state index contributed by atoms with van der Waals surface area (Å²) in [4.78, 5) is 11.4. The van der Waals surface area contributed by atoms with E-state index in [9.17, 15) is 9.90 Å². The van der Waals surface area contributed by atoms with Crippen LogP contribution in [0.4, 0.5) is 0 Å². The molecule has 0 unspecified atom stereocenters. The summed E-state index contributed by atoms with van der Waals surface area (Å²) in [6, 6.07) is 5.67. The Labute approximate surface area is 136 Å². The molecule has 22 heavy (non-hydrogen) atoms. The number of ether oxygens (including phenoxy) is 1. The quantitative estimate of drug-likeness (QED) is 0.846. The van der Waals surface area contributed by atoms with Crippen molar-refractivity contribution in [1.82, 2.24) is 0 Å². The first-order valence-corrected chi connectivity index (χ1v) is 8.41. The van der Waals surface area contributed by atoms with Gasteiger partial charge >= 0.3 is 5.97 Å². The van der Waals surface area contributed by atoms with Crippen LogP contribution in [-0.4, -0.2) is 16.7 Å². The van der Waals surface area contributed by atoms with Crippen LogP contribution in [-0.2, 0) is 4.79 Å². The third kappa shape index (κ3) is 3.10. The zero-order valence-electron chi connectivity index (χ0n) is 13.2. The maximum absolute atomic E-state index is 11.4. The number of halogens is 1. The van der Waals surface area contributed by atoms with Crippen LogP contribution in [0.25, 0.3) is 0 Å². The number of hydrogen-bond acceptors (Lipinski definition) is 2. The van der Waals surface area contributed by atoms with Gasteiger partial charge in [-0.15, -0.1) is 0 Å². The van der Waals surface area contributed by atoms with Crippen molar-refractivity contribution in [2.75, 3.05) is 0 Å². The van der Waals surface area contributed by atoms with Crippen molar-refractivity contribution < 1.29 is 14.6 Å². The third-order valence-corrected chi connectivity index (χ3v) is 5.39. The molecular formula is C18H23ClO3. The molecule has 1 N–H and O–H groups in total. The first-order chi connectivity index (χ1) is 10.3. The Morgan fingerprint density at radius 1 is 1.23 bits per heavy atom. The molecule has 0 aliphatic heterocycles. The second-order valence-corrected chi connectivity index (χ2v) is 7.96. The predicted molar refractivity (Wildman–Crippen MR) is 86.7 cm³/mol. The van der Waals surface area contributed by atoms with Crippen molar-refractivity contribution in [3.05, 3.63) is 28.8 Å². The summed E-state index contributed by atoms with van der Waals surface area (Å²) in [7, 11) is 0. The van der Waals surface area contributed by atoms with Gasteiger partial charge in [-0.1, -0.05) is 31.5 Å². The normalized spacial score (nSPS) is 23.0. The van der Waals surface area contributed by atoms with Crippen LogP contribution in [0.3, 0.4) is 0 Å². The number of carbonyl (C=O) groups is 1. The van der Waals surface area contributed by atoms with E-state index in [1.54, 1.807) is 6.07 Å².